The summed E-state index contributed by atoms with van der Waals surface area (Å²) in [6, 6.07) is 14.2. The number of fused-ring (bicyclic) bond motifs is 1. The molecule has 0 saturated carbocycles. The number of nitrogens with zero attached hydrogens (tertiary/aromatic N) is 2. The van der Waals surface area contributed by atoms with Crippen LogP contribution in [0.4, 0.5) is 5.69 Å². The van der Waals surface area contributed by atoms with E-state index in [0.29, 0.717) is 4.77 Å². The molecule has 1 N–H and O–H groups in total. The molecule has 0 spiro atoms. The Kier molecular flexibility index (Phi) is 3.43. The van der Waals surface area contributed by atoms with Gasteiger partial charge >= 0.3 is 0 Å². The maximum atomic E-state index is 5.47. The molecule has 0 saturated heterocycles. The predicted octanol–water partition coefficient (Wildman–Crippen LogP) is 3.76. The minimum Gasteiger partial charge on any atom is -0.494 e. The number of anilines is 1. The molecule has 0 fully saturated rings. The fourth-order valence-corrected chi connectivity index (χ4v) is 2.74. The molecule has 5 heteroatoms. The van der Waals surface area contributed by atoms with Crippen LogP contribution in [0.3, 0.4) is 0 Å². The molecule has 21 heavy (non-hydrogen) atoms. The van der Waals surface area contributed by atoms with Crippen molar-refractivity contribution in [2.75, 3.05) is 26.1 Å². The van der Waals surface area contributed by atoms with Crippen LogP contribution in [0.25, 0.3) is 16.7 Å². The fraction of sp³-hybridized carbons (Fsp3) is 0.188. The molecule has 1 heterocycles. The third-order valence-corrected chi connectivity index (χ3v) is 3.81. The molecule has 0 unspecified atom stereocenters. The number of nitrogens with one attached hydrogen (secondary N) is 1. The zero-order chi connectivity index (χ0) is 15.0. The Labute approximate surface area is 128 Å². The Bertz CT molecular complexity index is 831. The topological polar surface area (TPSA) is 33.2 Å². The Hall–Kier alpha value is -2.27. The van der Waals surface area contributed by atoms with Crippen molar-refractivity contribution < 1.29 is 4.74 Å². The van der Waals surface area contributed by atoms with Gasteiger partial charge in [-0.2, -0.15) is 0 Å². The highest BCUT2D eigenvalue weighted by molar-refractivity contribution is 7.71. The molecule has 1 aromatic heterocycles. The summed E-state index contributed by atoms with van der Waals surface area (Å²) >= 11 is 5.47. The maximum Gasteiger partial charge on any atom is 0.182 e. The molecular formula is C16H17N3OS. The number of aromatic amines is 1. The van der Waals surface area contributed by atoms with Gasteiger partial charge in [0.25, 0.3) is 0 Å². The largest absolute Gasteiger partial charge is 0.494 e. The first-order valence-corrected chi connectivity index (χ1v) is 7.08. The van der Waals surface area contributed by atoms with Crippen LogP contribution in [-0.4, -0.2) is 30.8 Å². The van der Waals surface area contributed by atoms with Gasteiger partial charge in [-0.3, -0.25) is 4.57 Å². The quantitative estimate of drug-likeness (QED) is 0.748. The molecule has 0 aliphatic carbocycles. The lowest BCUT2D eigenvalue weighted by Crippen LogP contribution is -2.08. The molecule has 108 valence electrons. The standard InChI is InChI=1S/C16H17N3OS/c1-18(2)11-7-9-12(10-8-11)19-13-5-4-6-14(20-3)15(13)17-16(19)21/h4-10H,1-3H3,(H,17,21). The number of benzene rings is 2. The van der Waals surface area contributed by atoms with E-state index >= 15 is 0 Å². The smallest absolute Gasteiger partial charge is 0.182 e. The number of hydrogen-bond donors (Lipinski definition) is 1. The van der Waals surface area contributed by atoms with Crippen molar-refractivity contribution in [1.82, 2.24) is 9.55 Å². The molecule has 0 aliphatic rings. The molecule has 0 atom stereocenters. The molecule has 3 rings (SSSR count). The van der Waals surface area contributed by atoms with Crippen molar-refractivity contribution in [2.24, 2.45) is 0 Å². The van der Waals surface area contributed by atoms with Gasteiger partial charge in [0, 0.05) is 25.5 Å². The molecule has 0 amide bonds. The number of H-pyrrole nitrogens is 1. The van der Waals surface area contributed by atoms with E-state index in [2.05, 4.69) is 34.1 Å². The van der Waals surface area contributed by atoms with Crippen LogP contribution in [0.15, 0.2) is 42.5 Å². The molecule has 0 aliphatic heterocycles. The van der Waals surface area contributed by atoms with Crippen molar-refractivity contribution in [3.8, 4) is 11.4 Å². The summed E-state index contributed by atoms with van der Waals surface area (Å²) in [6.45, 7) is 0. The van der Waals surface area contributed by atoms with Gasteiger partial charge in [-0.25, -0.2) is 0 Å². The van der Waals surface area contributed by atoms with Crippen LogP contribution < -0.4 is 9.64 Å². The Balaban J connectivity index is 2.20. The zero-order valence-corrected chi connectivity index (χ0v) is 13.1. The molecule has 0 radical (unpaired) electrons. The number of ether oxygens (including phenoxy) is 1. The summed E-state index contributed by atoms with van der Waals surface area (Å²) in [5, 5.41) is 0. The summed E-state index contributed by atoms with van der Waals surface area (Å²) in [4.78, 5) is 5.30. The fourth-order valence-electron chi connectivity index (χ4n) is 2.43. The van der Waals surface area contributed by atoms with Crippen LogP contribution in [-0.2, 0) is 0 Å². The minimum atomic E-state index is 0.659. The van der Waals surface area contributed by atoms with Crippen molar-refractivity contribution in [3.05, 3.63) is 47.2 Å². The van der Waals surface area contributed by atoms with E-state index in [1.165, 1.54) is 0 Å². The van der Waals surface area contributed by atoms with Gasteiger partial charge in [0.05, 0.1) is 12.6 Å². The van der Waals surface area contributed by atoms with Gasteiger partial charge in [0.1, 0.15) is 11.3 Å². The number of methoxy groups -OCH3 is 1. The van der Waals surface area contributed by atoms with Gasteiger partial charge in [0.15, 0.2) is 4.77 Å². The van der Waals surface area contributed by atoms with Crippen LogP contribution in [0.2, 0.25) is 0 Å². The summed E-state index contributed by atoms with van der Waals surface area (Å²) in [5.74, 6) is 0.794. The van der Waals surface area contributed by atoms with Gasteiger partial charge in [0.2, 0.25) is 0 Å². The SMILES string of the molecule is COc1cccc2c1[nH]c(=S)n2-c1ccc(N(C)C)cc1. The Morgan fingerprint density at radius 3 is 2.43 bits per heavy atom. The minimum absolute atomic E-state index is 0.659. The second kappa shape index (κ2) is 5.26. The van der Waals surface area contributed by atoms with Crippen molar-refractivity contribution >= 4 is 28.9 Å². The third kappa shape index (κ3) is 2.29. The summed E-state index contributed by atoms with van der Waals surface area (Å²) < 4.78 is 8.06. The predicted molar refractivity (Wildman–Crippen MR) is 89.3 cm³/mol. The molecule has 0 bridgehead atoms. The first-order valence-electron chi connectivity index (χ1n) is 6.67. The number of hydrogen-bond acceptors (Lipinski definition) is 3. The van der Waals surface area contributed by atoms with Gasteiger partial charge in [-0.1, -0.05) is 6.07 Å². The first-order chi connectivity index (χ1) is 10.1. The lowest BCUT2D eigenvalue weighted by molar-refractivity contribution is 0.419. The highest BCUT2D eigenvalue weighted by Crippen LogP contribution is 2.27. The number of aromatic nitrogens is 2. The van der Waals surface area contributed by atoms with Gasteiger partial charge in [-0.15, -0.1) is 0 Å². The Morgan fingerprint density at radius 2 is 1.81 bits per heavy atom. The summed E-state index contributed by atoms with van der Waals surface area (Å²) in [6.07, 6.45) is 0. The van der Waals surface area contributed by atoms with E-state index in [-0.39, 0.29) is 0 Å². The van der Waals surface area contributed by atoms with E-state index in [0.717, 1.165) is 28.2 Å². The number of rotatable bonds is 3. The zero-order valence-electron chi connectivity index (χ0n) is 12.3. The van der Waals surface area contributed by atoms with Crippen LogP contribution in [0.5, 0.6) is 5.75 Å². The average Bonchev–Trinajstić information content (AvgIpc) is 2.83. The van der Waals surface area contributed by atoms with Crippen molar-refractivity contribution in [2.45, 2.75) is 0 Å². The second-order valence-corrected chi connectivity index (χ2v) is 5.42. The van der Waals surface area contributed by atoms with E-state index in [1.54, 1.807) is 7.11 Å². The third-order valence-electron chi connectivity index (χ3n) is 3.52. The average molecular weight is 299 g/mol. The Morgan fingerprint density at radius 1 is 1.10 bits per heavy atom. The first kappa shape index (κ1) is 13.7. The van der Waals surface area contributed by atoms with Crippen molar-refractivity contribution in [3.63, 3.8) is 0 Å². The van der Waals surface area contributed by atoms with Gasteiger partial charge < -0.3 is 14.6 Å². The monoisotopic (exact) mass is 299 g/mol. The highest BCUT2D eigenvalue weighted by Gasteiger charge is 2.10. The van der Waals surface area contributed by atoms with Crippen molar-refractivity contribution in [1.29, 1.82) is 0 Å². The summed E-state index contributed by atoms with van der Waals surface area (Å²) in [5.41, 5.74) is 4.12. The van der Waals surface area contributed by atoms with E-state index in [1.807, 2.05) is 36.9 Å². The van der Waals surface area contributed by atoms with Crippen LogP contribution >= 0.6 is 12.2 Å². The second-order valence-electron chi connectivity index (χ2n) is 5.03. The molecule has 3 aromatic rings. The lowest BCUT2D eigenvalue weighted by atomic mass is 10.2. The summed E-state index contributed by atoms with van der Waals surface area (Å²) in [7, 11) is 5.71. The van der Waals surface area contributed by atoms with E-state index in [4.69, 9.17) is 17.0 Å². The number of para-hydroxylation sites is 1. The van der Waals surface area contributed by atoms with E-state index < -0.39 is 0 Å². The maximum absolute atomic E-state index is 5.47. The number of imidazole rings is 1. The molecule has 2 aromatic carbocycles. The van der Waals surface area contributed by atoms with E-state index in [9.17, 15) is 0 Å². The highest BCUT2D eigenvalue weighted by atomic mass is 32.1. The van der Waals surface area contributed by atoms with Gasteiger partial charge in [-0.05, 0) is 48.6 Å². The van der Waals surface area contributed by atoms with Crippen LogP contribution in [0.1, 0.15) is 0 Å². The normalized spacial score (nSPS) is 10.8. The molecule has 4 nitrogen and oxygen atoms in total. The lowest BCUT2D eigenvalue weighted by Gasteiger charge is -2.13. The van der Waals surface area contributed by atoms with Crippen LogP contribution in [0, 0.1) is 4.77 Å². The molecular weight excluding hydrogens is 282 g/mol.